The Hall–Kier alpha value is -1.39. The predicted molar refractivity (Wildman–Crippen MR) is 74.3 cm³/mol. The fourth-order valence-electron chi connectivity index (χ4n) is 2.58. The minimum Gasteiger partial charge on any atom is -0.393 e. The molecule has 4 N–H and O–H groups in total. The van der Waals surface area contributed by atoms with E-state index in [1.807, 2.05) is 30.3 Å². The highest BCUT2D eigenvalue weighted by molar-refractivity contribution is 5.76. The lowest BCUT2D eigenvalue weighted by Gasteiger charge is -2.14. The average molecular weight is 262 g/mol. The quantitative estimate of drug-likeness (QED) is 0.750. The van der Waals surface area contributed by atoms with Gasteiger partial charge in [0.1, 0.15) is 0 Å². The molecule has 1 aliphatic carbocycles. The number of aliphatic hydroxyl groups excluding tert-OH is 1. The fourth-order valence-corrected chi connectivity index (χ4v) is 2.58. The molecule has 0 spiro atoms. The summed E-state index contributed by atoms with van der Waals surface area (Å²) in [5.74, 6) is 0.393. The van der Waals surface area contributed by atoms with E-state index < -0.39 is 0 Å². The second-order valence-corrected chi connectivity index (χ2v) is 5.36. The maximum Gasteiger partial charge on any atom is 0.221 e. The number of aliphatic hydroxyl groups is 1. The van der Waals surface area contributed by atoms with Gasteiger partial charge in [-0.25, -0.2) is 0 Å². The highest BCUT2D eigenvalue weighted by atomic mass is 16.3. The summed E-state index contributed by atoms with van der Waals surface area (Å²) in [6, 6.07) is 9.40. The molecular formula is C15H22N2O2. The van der Waals surface area contributed by atoms with E-state index in [-0.39, 0.29) is 18.1 Å². The van der Waals surface area contributed by atoms with Gasteiger partial charge in [-0.05, 0) is 30.7 Å². The molecule has 104 valence electrons. The minimum atomic E-state index is -0.254. The summed E-state index contributed by atoms with van der Waals surface area (Å²) in [7, 11) is 0. The van der Waals surface area contributed by atoms with Crippen molar-refractivity contribution in [3.63, 3.8) is 0 Å². The van der Waals surface area contributed by atoms with E-state index in [2.05, 4.69) is 5.32 Å². The molecule has 0 aromatic heterocycles. The van der Waals surface area contributed by atoms with Gasteiger partial charge in [0.15, 0.2) is 0 Å². The first-order chi connectivity index (χ1) is 9.15. The minimum absolute atomic E-state index is 0.0160. The van der Waals surface area contributed by atoms with Crippen LogP contribution in [0.5, 0.6) is 0 Å². The highest BCUT2D eigenvalue weighted by Crippen LogP contribution is 2.24. The molecule has 1 amide bonds. The zero-order valence-corrected chi connectivity index (χ0v) is 11.1. The Labute approximate surface area is 114 Å². The maximum absolute atomic E-state index is 11.8. The summed E-state index contributed by atoms with van der Waals surface area (Å²) in [5.41, 5.74) is 6.98. The van der Waals surface area contributed by atoms with Crippen LogP contribution in [0.1, 0.15) is 37.3 Å². The van der Waals surface area contributed by atoms with Crippen LogP contribution in [0.15, 0.2) is 30.3 Å². The molecule has 0 heterocycles. The van der Waals surface area contributed by atoms with Crippen molar-refractivity contribution in [3.8, 4) is 0 Å². The van der Waals surface area contributed by atoms with Crippen LogP contribution in [-0.4, -0.2) is 23.7 Å². The normalized spacial score (nSPS) is 24.1. The molecular weight excluding hydrogens is 240 g/mol. The van der Waals surface area contributed by atoms with Gasteiger partial charge in [-0.1, -0.05) is 30.3 Å². The lowest BCUT2D eigenvalue weighted by Crippen LogP contribution is -2.31. The summed E-state index contributed by atoms with van der Waals surface area (Å²) >= 11 is 0. The average Bonchev–Trinajstić information content (AvgIpc) is 2.83. The molecule has 0 bridgehead atoms. The molecule has 1 fully saturated rings. The van der Waals surface area contributed by atoms with Crippen molar-refractivity contribution >= 4 is 5.91 Å². The van der Waals surface area contributed by atoms with Gasteiger partial charge < -0.3 is 16.2 Å². The smallest absolute Gasteiger partial charge is 0.221 e. The van der Waals surface area contributed by atoms with Gasteiger partial charge in [0.2, 0.25) is 5.91 Å². The lowest BCUT2D eigenvalue weighted by molar-refractivity contribution is -0.121. The Balaban J connectivity index is 1.72. The maximum atomic E-state index is 11.8. The molecule has 4 heteroatoms. The number of carbonyl (C=O) groups excluding carboxylic acids is 1. The van der Waals surface area contributed by atoms with Crippen molar-refractivity contribution in [1.82, 2.24) is 5.32 Å². The zero-order chi connectivity index (χ0) is 13.7. The van der Waals surface area contributed by atoms with Gasteiger partial charge in [-0.2, -0.15) is 0 Å². The number of hydrogen-bond donors (Lipinski definition) is 3. The van der Waals surface area contributed by atoms with Crippen LogP contribution in [-0.2, 0) is 4.79 Å². The molecule has 0 saturated heterocycles. The van der Waals surface area contributed by atoms with Gasteiger partial charge in [0.25, 0.3) is 0 Å². The number of benzene rings is 1. The van der Waals surface area contributed by atoms with E-state index in [1.165, 1.54) is 0 Å². The second kappa shape index (κ2) is 6.68. The Kier molecular flexibility index (Phi) is 4.93. The molecule has 1 aromatic carbocycles. The van der Waals surface area contributed by atoms with Crippen LogP contribution in [0, 0.1) is 5.92 Å². The number of nitrogens with two attached hydrogens (primary N) is 1. The molecule has 3 unspecified atom stereocenters. The van der Waals surface area contributed by atoms with Crippen molar-refractivity contribution in [3.05, 3.63) is 35.9 Å². The van der Waals surface area contributed by atoms with Gasteiger partial charge in [-0.15, -0.1) is 0 Å². The topological polar surface area (TPSA) is 75.4 Å². The third kappa shape index (κ3) is 4.33. The summed E-state index contributed by atoms with van der Waals surface area (Å²) in [5, 5.41) is 12.3. The lowest BCUT2D eigenvalue weighted by atomic mass is 10.0. The number of hydrogen-bond acceptors (Lipinski definition) is 3. The van der Waals surface area contributed by atoms with Crippen molar-refractivity contribution in [2.75, 3.05) is 6.54 Å². The van der Waals surface area contributed by atoms with Gasteiger partial charge in [0, 0.05) is 19.0 Å². The Morgan fingerprint density at radius 1 is 1.37 bits per heavy atom. The highest BCUT2D eigenvalue weighted by Gasteiger charge is 2.23. The summed E-state index contributed by atoms with van der Waals surface area (Å²) < 4.78 is 0. The van der Waals surface area contributed by atoms with E-state index >= 15 is 0 Å². The SMILES string of the molecule is NC(CC(=O)NCC1CCC(O)C1)c1ccccc1. The number of nitrogens with one attached hydrogen (secondary N) is 1. The molecule has 1 aromatic rings. The van der Waals surface area contributed by atoms with Crippen molar-refractivity contribution < 1.29 is 9.90 Å². The van der Waals surface area contributed by atoms with E-state index in [4.69, 9.17) is 5.73 Å². The van der Waals surface area contributed by atoms with Crippen LogP contribution < -0.4 is 11.1 Å². The van der Waals surface area contributed by atoms with E-state index in [1.54, 1.807) is 0 Å². The van der Waals surface area contributed by atoms with E-state index in [0.717, 1.165) is 24.8 Å². The number of amides is 1. The molecule has 2 rings (SSSR count). The third-order valence-corrected chi connectivity index (χ3v) is 3.73. The summed E-state index contributed by atoms with van der Waals surface area (Å²) in [4.78, 5) is 11.8. The van der Waals surface area contributed by atoms with Gasteiger partial charge in [-0.3, -0.25) is 4.79 Å². The number of rotatable bonds is 5. The summed E-state index contributed by atoms with van der Waals surface area (Å²) in [6.45, 7) is 0.650. The molecule has 0 aliphatic heterocycles. The van der Waals surface area contributed by atoms with Gasteiger partial charge >= 0.3 is 0 Å². The first kappa shape index (κ1) is 14.0. The van der Waals surface area contributed by atoms with Gasteiger partial charge in [0.05, 0.1) is 6.10 Å². The second-order valence-electron chi connectivity index (χ2n) is 5.36. The third-order valence-electron chi connectivity index (χ3n) is 3.73. The molecule has 19 heavy (non-hydrogen) atoms. The van der Waals surface area contributed by atoms with Crippen LogP contribution in [0.4, 0.5) is 0 Å². The van der Waals surface area contributed by atoms with E-state index in [0.29, 0.717) is 18.9 Å². The molecule has 0 radical (unpaired) electrons. The Morgan fingerprint density at radius 2 is 2.11 bits per heavy atom. The van der Waals surface area contributed by atoms with Crippen molar-refractivity contribution in [1.29, 1.82) is 0 Å². The van der Waals surface area contributed by atoms with Crippen molar-refractivity contribution in [2.45, 2.75) is 37.8 Å². The van der Waals surface area contributed by atoms with Crippen LogP contribution in [0.2, 0.25) is 0 Å². The fraction of sp³-hybridized carbons (Fsp3) is 0.533. The molecule has 4 nitrogen and oxygen atoms in total. The first-order valence-corrected chi connectivity index (χ1v) is 6.90. The largest absolute Gasteiger partial charge is 0.393 e. The molecule has 3 atom stereocenters. The van der Waals surface area contributed by atoms with Crippen molar-refractivity contribution in [2.24, 2.45) is 11.7 Å². The van der Waals surface area contributed by atoms with E-state index in [9.17, 15) is 9.90 Å². The molecule has 1 saturated carbocycles. The Bertz CT molecular complexity index is 408. The molecule has 1 aliphatic rings. The number of carbonyl (C=O) groups is 1. The standard InChI is InChI=1S/C15H22N2O2/c16-14(12-4-2-1-3-5-12)9-15(19)17-10-11-6-7-13(18)8-11/h1-5,11,13-14,18H,6-10,16H2,(H,17,19). The Morgan fingerprint density at radius 3 is 2.74 bits per heavy atom. The van der Waals surface area contributed by atoms with Crippen LogP contribution in [0.3, 0.4) is 0 Å². The van der Waals surface area contributed by atoms with Crippen LogP contribution >= 0.6 is 0 Å². The first-order valence-electron chi connectivity index (χ1n) is 6.90. The summed E-state index contributed by atoms with van der Waals surface area (Å²) in [6.07, 6.45) is 2.76. The monoisotopic (exact) mass is 262 g/mol. The zero-order valence-electron chi connectivity index (χ0n) is 11.1. The predicted octanol–water partition coefficient (Wildman–Crippen LogP) is 1.35. The van der Waals surface area contributed by atoms with Crippen LogP contribution in [0.25, 0.3) is 0 Å².